The maximum Gasteiger partial charge on any atom is 0.226 e. The Morgan fingerprint density at radius 3 is 2.83 bits per heavy atom. The second-order valence-corrected chi connectivity index (χ2v) is 8.53. The number of fused-ring (bicyclic) bond motifs is 1. The van der Waals surface area contributed by atoms with Gasteiger partial charge in [-0.1, -0.05) is 52.0 Å². The van der Waals surface area contributed by atoms with E-state index in [-0.39, 0.29) is 17.4 Å². The summed E-state index contributed by atoms with van der Waals surface area (Å²) in [5.74, 6) is 0.481. The number of carbonyl (C=O) groups is 1. The van der Waals surface area contributed by atoms with Crippen LogP contribution in [0.4, 0.5) is 0 Å². The molecule has 3 rings (SSSR count). The van der Waals surface area contributed by atoms with Crippen LogP contribution < -0.4 is 5.32 Å². The van der Waals surface area contributed by atoms with Gasteiger partial charge in [-0.05, 0) is 29.4 Å². The Hall–Kier alpha value is -1.68. The van der Waals surface area contributed by atoms with Gasteiger partial charge in [-0.2, -0.15) is 0 Å². The maximum absolute atomic E-state index is 12.5. The number of amides is 1. The van der Waals surface area contributed by atoms with Gasteiger partial charge in [-0.3, -0.25) is 4.79 Å². The van der Waals surface area contributed by atoms with E-state index in [1.807, 2.05) is 5.38 Å². The zero-order valence-corrected chi connectivity index (χ0v) is 15.7. The lowest BCUT2D eigenvalue weighted by molar-refractivity contribution is -0.121. The van der Waals surface area contributed by atoms with Crippen molar-refractivity contribution < 1.29 is 4.79 Å². The molecule has 0 aliphatic heterocycles. The standard InChI is InChI=1S/C20H26N2OS/c1-13(2)19-21-14(12-24-19)11-18(23)22-17-9-10-20(3,4)16-8-6-5-7-15(16)17/h5-8,12-13,17H,9-11H2,1-4H3,(H,22,23). The first-order chi connectivity index (χ1) is 11.4. The van der Waals surface area contributed by atoms with Crippen LogP contribution >= 0.6 is 11.3 Å². The predicted molar refractivity (Wildman–Crippen MR) is 99.5 cm³/mol. The molecule has 1 aliphatic rings. The lowest BCUT2D eigenvalue weighted by atomic mass is 9.71. The second-order valence-electron chi connectivity index (χ2n) is 7.64. The number of nitrogens with zero attached hydrogens (tertiary/aromatic N) is 1. The predicted octanol–water partition coefficient (Wildman–Crippen LogP) is 4.74. The minimum absolute atomic E-state index is 0.0649. The fourth-order valence-corrected chi connectivity index (χ4v) is 4.28. The van der Waals surface area contributed by atoms with Crippen molar-refractivity contribution in [3.63, 3.8) is 0 Å². The van der Waals surface area contributed by atoms with E-state index in [0.717, 1.165) is 23.5 Å². The van der Waals surface area contributed by atoms with Gasteiger partial charge < -0.3 is 5.32 Å². The van der Waals surface area contributed by atoms with Crippen LogP contribution in [-0.2, 0) is 16.6 Å². The van der Waals surface area contributed by atoms with E-state index >= 15 is 0 Å². The van der Waals surface area contributed by atoms with Crippen LogP contribution in [0.25, 0.3) is 0 Å². The zero-order valence-electron chi connectivity index (χ0n) is 14.9. The van der Waals surface area contributed by atoms with Crippen molar-refractivity contribution >= 4 is 17.2 Å². The molecule has 1 aromatic carbocycles. The fraction of sp³-hybridized carbons (Fsp3) is 0.500. The van der Waals surface area contributed by atoms with E-state index in [2.05, 4.69) is 62.3 Å². The van der Waals surface area contributed by atoms with Gasteiger partial charge in [-0.15, -0.1) is 11.3 Å². The molecule has 1 N–H and O–H groups in total. The molecule has 1 aromatic heterocycles. The van der Waals surface area contributed by atoms with E-state index < -0.39 is 0 Å². The zero-order chi connectivity index (χ0) is 17.3. The Balaban J connectivity index is 1.70. The van der Waals surface area contributed by atoms with Crippen molar-refractivity contribution in [2.24, 2.45) is 0 Å². The van der Waals surface area contributed by atoms with Crippen LogP contribution in [0.1, 0.15) is 74.3 Å². The molecule has 1 aliphatic carbocycles. The minimum Gasteiger partial charge on any atom is -0.349 e. The van der Waals surface area contributed by atoms with Crippen LogP contribution in [0, 0.1) is 0 Å². The number of benzene rings is 1. The van der Waals surface area contributed by atoms with Gasteiger partial charge in [0.2, 0.25) is 5.91 Å². The number of nitrogens with one attached hydrogen (secondary N) is 1. The average Bonchev–Trinajstić information content (AvgIpc) is 2.99. The molecule has 1 unspecified atom stereocenters. The van der Waals surface area contributed by atoms with Gasteiger partial charge in [0, 0.05) is 11.3 Å². The smallest absolute Gasteiger partial charge is 0.226 e. The molecule has 0 saturated carbocycles. The van der Waals surface area contributed by atoms with Crippen molar-refractivity contribution in [3.8, 4) is 0 Å². The first-order valence-electron chi connectivity index (χ1n) is 8.70. The Morgan fingerprint density at radius 2 is 2.12 bits per heavy atom. The summed E-state index contributed by atoms with van der Waals surface area (Å²) in [6, 6.07) is 8.62. The van der Waals surface area contributed by atoms with Crippen LogP contribution in [0.15, 0.2) is 29.6 Å². The summed E-state index contributed by atoms with van der Waals surface area (Å²) in [5, 5.41) is 6.33. The van der Waals surface area contributed by atoms with Crippen LogP contribution in [0.3, 0.4) is 0 Å². The Labute approximate surface area is 148 Å². The minimum atomic E-state index is 0.0649. The highest BCUT2D eigenvalue weighted by molar-refractivity contribution is 7.09. The number of hydrogen-bond acceptors (Lipinski definition) is 3. The van der Waals surface area contributed by atoms with Gasteiger partial charge in [0.15, 0.2) is 0 Å². The molecule has 4 heteroatoms. The molecule has 0 fully saturated rings. The summed E-state index contributed by atoms with van der Waals surface area (Å²) in [7, 11) is 0. The van der Waals surface area contributed by atoms with E-state index in [0.29, 0.717) is 12.3 Å². The molecule has 2 aromatic rings. The van der Waals surface area contributed by atoms with Crippen molar-refractivity contribution in [1.29, 1.82) is 0 Å². The molecular formula is C20H26N2OS. The van der Waals surface area contributed by atoms with E-state index in [9.17, 15) is 4.79 Å². The molecule has 24 heavy (non-hydrogen) atoms. The van der Waals surface area contributed by atoms with Gasteiger partial charge in [0.05, 0.1) is 23.2 Å². The number of aromatic nitrogens is 1. The van der Waals surface area contributed by atoms with Crippen molar-refractivity contribution in [3.05, 3.63) is 51.5 Å². The number of carbonyl (C=O) groups excluding carboxylic acids is 1. The van der Waals surface area contributed by atoms with E-state index in [4.69, 9.17) is 0 Å². The second kappa shape index (κ2) is 6.67. The quantitative estimate of drug-likeness (QED) is 0.872. The maximum atomic E-state index is 12.5. The Bertz CT molecular complexity index is 733. The summed E-state index contributed by atoms with van der Waals surface area (Å²) >= 11 is 1.64. The molecule has 0 bridgehead atoms. The first-order valence-corrected chi connectivity index (χ1v) is 9.58. The first kappa shape index (κ1) is 17.2. The summed E-state index contributed by atoms with van der Waals surface area (Å²) in [5.41, 5.74) is 3.69. The lowest BCUT2D eigenvalue weighted by Crippen LogP contribution is -2.36. The summed E-state index contributed by atoms with van der Waals surface area (Å²) in [6.45, 7) is 8.83. The molecule has 1 atom stereocenters. The summed E-state index contributed by atoms with van der Waals surface area (Å²) in [4.78, 5) is 17.1. The molecule has 0 saturated heterocycles. The number of hydrogen-bond donors (Lipinski definition) is 1. The highest BCUT2D eigenvalue weighted by atomic mass is 32.1. The third-order valence-corrected chi connectivity index (χ3v) is 6.06. The van der Waals surface area contributed by atoms with Gasteiger partial charge in [0.1, 0.15) is 0 Å². The van der Waals surface area contributed by atoms with E-state index in [1.54, 1.807) is 11.3 Å². The average molecular weight is 343 g/mol. The van der Waals surface area contributed by atoms with Gasteiger partial charge in [-0.25, -0.2) is 4.98 Å². The van der Waals surface area contributed by atoms with Gasteiger partial charge in [0.25, 0.3) is 0 Å². The van der Waals surface area contributed by atoms with E-state index in [1.165, 1.54) is 11.1 Å². The third kappa shape index (κ3) is 3.54. The van der Waals surface area contributed by atoms with Crippen LogP contribution in [-0.4, -0.2) is 10.9 Å². The monoisotopic (exact) mass is 342 g/mol. The largest absolute Gasteiger partial charge is 0.349 e. The molecular weight excluding hydrogens is 316 g/mol. The highest BCUT2D eigenvalue weighted by Gasteiger charge is 2.32. The van der Waals surface area contributed by atoms with Crippen molar-refractivity contribution in [1.82, 2.24) is 10.3 Å². The molecule has 3 nitrogen and oxygen atoms in total. The highest BCUT2D eigenvalue weighted by Crippen LogP contribution is 2.41. The van der Waals surface area contributed by atoms with Crippen molar-refractivity contribution in [2.75, 3.05) is 0 Å². The topological polar surface area (TPSA) is 42.0 Å². The molecule has 0 radical (unpaired) electrons. The normalized spacial score (nSPS) is 19.1. The Kier molecular flexibility index (Phi) is 4.77. The number of thiazole rings is 1. The van der Waals surface area contributed by atoms with Gasteiger partial charge >= 0.3 is 0 Å². The molecule has 1 amide bonds. The van der Waals surface area contributed by atoms with Crippen LogP contribution in [0.2, 0.25) is 0 Å². The number of rotatable bonds is 4. The summed E-state index contributed by atoms with van der Waals surface area (Å²) in [6.07, 6.45) is 2.44. The van der Waals surface area contributed by atoms with Crippen molar-refractivity contribution in [2.45, 2.75) is 64.3 Å². The molecule has 0 spiro atoms. The molecule has 1 heterocycles. The summed E-state index contributed by atoms with van der Waals surface area (Å²) < 4.78 is 0. The third-order valence-electron chi connectivity index (χ3n) is 4.86. The SMILES string of the molecule is CC(C)c1nc(CC(=O)NC2CCC(C)(C)c3ccccc32)cs1. The Morgan fingerprint density at radius 1 is 1.38 bits per heavy atom. The molecule has 128 valence electrons. The fourth-order valence-electron chi connectivity index (χ4n) is 3.44. The lowest BCUT2D eigenvalue weighted by Gasteiger charge is -2.37. The van der Waals surface area contributed by atoms with Crippen LogP contribution in [0.5, 0.6) is 0 Å².